The Labute approximate surface area is 211 Å². The number of hydrogen-bond acceptors (Lipinski definition) is 8. The molecule has 1 unspecified atom stereocenters. The van der Waals surface area contributed by atoms with Crippen LogP contribution in [0.4, 0.5) is 10.7 Å². The van der Waals surface area contributed by atoms with Gasteiger partial charge in [0.25, 0.3) is 0 Å². The molecule has 192 valence electrons. The van der Waals surface area contributed by atoms with Crippen LogP contribution in [0.2, 0.25) is 0 Å². The monoisotopic (exact) mass is 506 g/mol. The fourth-order valence-corrected chi connectivity index (χ4v) is 3.29. The minimum Gasteiger partial charge on any atom is -0.504 e. The second-order valence-corrected chi connectivity index (χ2v) is 8.35. The van der Waals surface area contributed by atoms with Gasteiger partial charge in [-0.15, -0.1) is 0 Å². The summed E-state index contributed by atoms with van der Waals surface area (Å²) in [6, 6.07) is 18.3. The van der Waals surface area contributed by atoms with Crippen LogP contribution >= 0.6 is 0 Å². The highest BCUT2D eigenvalue weighted by molar-refractivity contribution is 6.10. The number of fused-ring (bicyclic) bond motifs is 1. The molecular formula is C26H26N4O7. The van der Waals surface area contributed by atoms with E-state index >= 15 is 0 Å². The maximum Gasteiger partial charge on any atom is 0.413 e. The van der Waals surface area contributed by atoms with Crippen molar-refractivity contribution in [3.63, 3.8) is 0 Å². The molecule has 0 fully saturated rings. The van der Waals surface area contributed by atoms with Crippen LogP contribution in [0.3, 0.4) is 0 Å². The summed E-state index contributed by atoms with van der Waals surface area (Å²) in [6.07, 6.45) is -0.532. The predicted octanol–water partition coefficient (Wildman–Crippen LogP) is 3.41. The Kier molecular flexibility index (Phi) is 8.10. The number of anilines is 1. The normalized spacial score (nSPS) is 12.1. The van der Waals surface area contributed by atoms with Gasteiger partial charge in [-0.25, -0.2) is 9.78 Å². The Balaban J connectivity index is 0.000000222. The Bertz CT molecular complexity index is 1430. The van der Waals surface area contributed by atoms with E-state index in [1.54, 1.807) is 30.3 Å². The zero-order valence-corrected chi connectivity index (χ0v) is 20.1. The third-order valence-corrected chi connectivity index (χ3v) is 5.29. The van der Waals surface area contributed by atoms with E-state index in [1.807, 2.05) is 18.2 Å². The number of nitrogens with zero attached hydrogens (tertiary/aromatic N) is 1. The Morgan fingerprint density at radius 1 is 1.00 bits per heavy atom. The quantitative estimate of drug-likeness (QED) is 0.168. The number of phenolic OH excluding ortho intramolecular Hbond substituents is 2. The van der Waals surface area contributed by atoms with Crippen LogP contribution in [0.15, 0.2) is 66.7 Å². The molecule has 0 aliphatic rings. The van der Waals surface area contributed by atoms with Crippen LogP contribution in [-0.4, -0.2) is 55.8 Å². The van der Waals surface area contributed by atoms with Crippen LogP contribution in [0.5, 0.6) is 11.5 Å². The number of aromatic hydroxyl groups is 2. The first kappa shape index (κ1) is 26.7. The number of carbonyl (C=O) groups is 3. The number of aromatic amines is 1. The number of nitrogens with one attached hydrogen (secondary N) is 2. The molecule has 7 N–H and O–H groups in total. The molecule has 4 rings (SSSR count). The molecule has 4 aromatic rings. The highest BCUT2D eigenvalue weighted by atomic mass is 16.5. The first-order chi connectivity index (χ1) is 17.5. The topological polar surface area (TPSA) is 188 Å². The van der Waals surface area contributed by atoms with Gasteiger partial charge in [-0.1, -0.05) is 36.4 Å². The van der Waals surface area contributed by atoms with Gasteiger partial charge >= 0.3 is 12.1 Å². The van der Waals surface area contributed by atoms with Gasteiger partial charge in [0.2, 0.25) is 5.95 Å². The SMILES string of the molecule is CC(N)(Cc1ccc(O)c(O)c1)C(=O)O.COC(=O)Nc1nc2ccc(C(=O)c3ccccc3)cc2[nH]1. The number of aliphatic carboxylic acids is 1. The molecule has 37 heavy (non-hydrogen) atoms. The summed E-state index contributed by atoms with van der Waals surface area (Å²) in [4.78, 5) is 41.4. The third kappa shape index (κ3) is 6.83. The summed E-state index contributed by atoms with van der Waals surface area (Å²) in [6.45, 7) is 1.39. The number of nitrogens with two attached hydrogens (primary N) is 1. The number of aromatic nitrogens is 2. The molecule has 0 bridgehead atoms. The van der Waals surface area contributed by atoms with Crippen molar-refractivity contribution in [1.82, 2.24) is 9.97 Å². The fraction of sp³-hybridized carbons (Fsp3) is 0.154. The Hall–Kier alpha value is -4.90. The van der Waals surface area contributed by atoms with Crippen molar-refractivity contribution < 1.29 is 34.4 Å². The zero-order valence-electron chi connectivity index (χ0n) is 20.1. The number of benzene rings is 3. The number of ether oxygens (including phenoxy) is 1. The number of methoxy groups -OCH3 is 1. The lowest BCUT2D eigenvalue weighted by atomic mass is 9.94. The van der Waals surface area contributed by atoms with E-state index in [0.29, 0.717) is 27.7 Å². The molecule has 11 heteroatoms. The average molecular weight is 507 g/mol. The number of ketones is 1. The summed E-state index contributed by atoms with van der Waals surface area (Å²) >= 11 is 0. The lowest BCUT2D eigenvalue weighted by Crippen LogP contribution is -2.46. The van der Waals surface area contributed by atoms with Gasteiger partial charge in [-0.3, -0.25) is 14.9 Å². The molecule has 1 aromatic heterocycles. The largest absolute Gasteiger partial charge is 0.504 e. The van der Waals surface area contributed by atoms with Crippen molar-refractivity contribution >= 4 is 34.8 Å². The van der Waals surface area contributed by atoms with Crippen molar-refractivity contribution in [2.75, 3.05) is 12.4 Å². The Morgan fingerprint density at radius 3 is 2.32 bits per heavy atom. The summed E-state index contributed by atoms with van der Waals surface area (Å²) in [5.74, 6) is -1.44. The maximum absolute atomic E-state index is 12.4. The number of rotatable bonds is 6. The number of hydrogen-bond donors (Lipinski definition) is 6. The lowest BCUT2D eigenvalue weighted by Gasteiger charge is -2.19. The van der Waals surface area contributed by atoms with Crippen LogP contribution in [-0.2, 0) is 16.0 Å². The van der Waals surface area contributed by atoms with E-state index in [2.05, 4.69) is 20.0 Å². The highest BCUT2D eigenvalue weighted by Crippen LogP contribution is 2.26. The van der Waals surface area contributed by atoms with E-state index in [9.17, 15) is 19.5 Å². The summed E-state index contributed by atoms with van der Waals surface area (Å²) in [5, 5.41) is 29.5. The van der Waals surface area contributed by atoms with Gasteiger partial charge in [0, 0.05) is 17.5 Å². The van der Waals surface area contributed by atoms with Crippen molar-refractivity contribution in [2.24, 2.45) is 5.73 Å². The summed E-state index contributed by atoms with van der Waals surface area (Å²) in [5.41, 5.74) is 7.18. The van der Waals surface area contributed by atoms with E-state index in [1.165, 1.54) is 32.2 Å². The molecule has 0 aliphatic carbocycles. The van der Waals surface area contributed by atoms with Gasteiger partial charge in [0.1, 0.15) is 5.54 Å². The second-order valence-electron chi connectivity index (χ2n) is 8.35. The van der Waals surface area contributed by atoms with E-state index < -0.39 is 17.6 Å². The molecule has 0 radical (unpaired) electrons. The molecule has 0 saturated heterocycles. The van der Waals surface area contributed by atoms with Crippen LogP contribution in [0.25, 0.3) is 11.0 Å². The van der Waals surface area contributed by atoms with Crippen LogP contribution in [0, 0.1) is 0 Å². The number of H-pyrrole nitrogens is 1. The maximum atomic E-state index is 12.4. The average Bonchev–Trinajstić information content (AvgIpc) is 3.27. The second kappa shape index (κ2) is 11.2. The van der Waals surface area contributed by atoms with E-state index in [4.69, 9.17) is 15.9 Å². The van der Waals surface area contributed by atoms with Gasteiger partial charge in [0.05, 0.1) is 18.1 Å². The third-order valence-electron chi connectivity index (χ3n) is 5.29. The van der Waals surface area contributed by atoms with Gasteiger partial charge in [0.15, 0.2) is 17.3 Å². The molecule has 1 heterocycles. The standard InChI is InChI=1S/C16H13N3O3.C10H13NO4/c1-22-16(21)19-15-17-12-8-7-11(9-13(12)18-15)14(20)10-5-3-2-4-6-10;1-10(11,9(14)15)5-6-2-3-7(12)8(13)4-6/h2-9H,1H3,(H2,17,18,19,21);2-4,12-13H,5,11H2,1H3,(H,14,15). The van der Waals surface area contributed by atoms with Crippen molar-refractivity contribution in [2.45, 2.75) is 18.9 Å². The number of imidazole rings is 1. The summed E-state index contributed by atoms with van der Waals surface area (Å²) < 4.78 is 4.51. The molecule has 11 nitrogen and oxygen atoms in total. The van der Waals surface area contributed by atoms with Gasteiger partial charge in [-0.2, -0.15) is 0 Å². The van der Waals surface area contributed by atoms with Gasteiger partial charge < -0.3 is 30.8 Å². The number of carboxylic acid groups (broad SMARTS) is 1. The first-order valence-electron chi connectivity index (χ1n) is 11.0. The zero-order chi connectivity index (χ0) is 27.2. The molecule has 0 spiro atoms. The number of carboxylic acids is 1. The minimum atomic E-state index is -1.39. The molecule has 3 aromatic carbocycles. The van der Waals surface area contributed by atoms with Gasteiger partial charge in [-0.05, 0) is 42.8 Å². The molecule has 1 amide bonds. The number of phenols is 2. The fourth-order valence-electron chi connectivity index (χ4n) is 3.29. The Morgan fingerprint density at radius 2 is 1.70 bits per heavy atom. The number of carbonyl (C=O) groups excluding carboxylic acids is 2. The first-order valence-corrected chi connectivity index (χ1v) is 11.0. The van der Waals surface area contributed by atoms with Crippen molar-refractivity contribution in [3.8, 4) is 11.5 Å². The lowest BCUT2D eigenvalue weighted by molar-refractivity contribution is -0.142. The summed E-state index contributed by atoms with van der Waals surface area (Å²) in [7, 11) is 1.27. The smallest absolute Gasteiger partial charge is 0.413 e. The highest BCUT2D eigenvalue weighted by Gasteiger charge is 2.28. The van der Waals surface area contributed by atoms with Crippen LogP contribution < -0.4 is 11.1 Å². The minimum absolute atomic E-state index is 0.0698. The van der Waals surface area contributed by atoms with Crippen LogP contribution in [0.1, 0.15) is 28.4 Å². The molecule has 0 saturated carbocycles. The predicted molar refractivity (Wildman–Crippen MR) is 136 cm³/mol. The molecule has 1 atom stereocenters. The molecular weight excluding hydrogens is 480 g/mol. The molecule has 0 aliphatic heterocycles. The number of amides is 1. The van der Waals surface area contributed by atoms with E-state index in [-0.39, 0.29) is 29.7 Å². The van der Waals surface area contributed by atoms with Crippen molar-refractivity contribution in [3.05, 3.63) is 83.4 Å². The van der Waals surface area contributed by atoms with Crippen molar-refractivity contribution in [1.29, 1.82) is 0 Å². The van der Waals surface area contributed by atoms with E-state index in [0.717, 1.165) is 0 Å².